The van der Waals surface area contributed by atoms with Gasteiger partial charge in [-0.1, -0.05) is 17.2 Å². The quantitative estimate of drug-likeness (QED) is 0.227. The molecule has 0 radical (unpaired) electrons. The highest BCUT2D eigenvalue weighted by Gasteiger charge is 2.62. The second-order valence-corrected chi connectivity index (χ2v) is 6.50. The second-order valence-electron chi connectivity index (χ2n) is 6.50. The Labute approximate surface area is 141 Å². The molecular weight excluding hydrogens is 320 g/mol. The first-order valence-corrected chi connectivity index (χ1v) is 7.78. The molecule has 1 aliphatic heterocycles. The first-order valence-electron chi connectivity index (χ1n) is 7.78. The van der Waals surface area contributed by atoms with E-state index in [1.54, 1.807) is 6.92 Å². The highest BCUT2D eigenvalue weighted by Crippen LogP contribution is 2.36. The normalized spacial score (nSPS) is 35.0. The van der Waals surface area contributed by atoms with Crippen LogP contribution >= 0.6 is 0 Å². The summed E-state index contributed by atoms with van der Waals surface area (Å²) in [5.41, 5.74) is 1.61. The van der Waals surface area contributed by atoms with Gasteiger partial charge < -0.3 is 40.5 Å². The van der Waals surface area contributed by atoms with Crippen LogP contribution in [0.4, 0.5) is 0 Å². The fourth-order valence-corrected chi connectivity index (χ4v) is 2.57. The Bertz CT molecular complexity index is 480. The first kappa shape index (κ1) is 21.2. The highest BCUT2D eigenvalue weighted by molar-refractivity contribution is 5.14. The van der Waals surface area contributed by atoms with Gasteiger partial charge in [0, 0.05) is 0 Å². The van der Waals surface area contributed by atoms with Gasteiger partial charge in [0.05, 0.1) is 6.61 Å². The SMILES string of the molecule is CC(C)=CCC/C(C)=C/C(O)(O)C1(O)OC(CO)C(O)C(O)C1O. The van der Waals surface area contributed by atoms with Gasteiger partial charge in [-0.3, -0.25) is 0 Å². The van der Waals surface area contributed by atoms with E-state index in [0.717, 1.165) is 11.6 Å². The third kappa shape index (κ3) is 4.41. The second kappa shape index (κ2) is 8.03. The summed E-state index contributed by atoms with van der Waals surface area (Å²) < 4.78 is 4.92. The molecule has 0 aromatic carbocycles. The van der Waals surface area contributed by atoms with Crippen LogP contribution in [0.3, 0.4) is 0 Å². The summed E-state index contributed by atoms with van der Waals surface area (Å²) in [5.74, 6) is -6.06. The van der Waals surface area contributed by atoms with E-state index in [9.17, 15) is 30.6 Å². The maximum atomic E-state index is 10.4. The molecule has 0 spiro atoms. The summed E-state index contributed by atoms with van der Waals surface area (Å²) in [4.78, 5) is 0. The fourth-order valence-electron chi connectivity index (χ4n) is 2.57. The summed E-state index contributed by atoms with van der Waals surface area (Å²) in [5, 5.41) is 69.4. The maximum absolute atomic E-state index is 10.4. The smallest absolute Gasteiger partial charge is 0.255 e. The Morgan fingerprint density at radius 3 is 2.21 bits per heavy atom. The van der Waals surface area contributed by atoms with Gasteiger partial charge >= 0.3 is 0 Å². The monoisotopic (exact) mass is 348 g/mol. The third-order valence-electron chi connectivity index (χ3n) is 4.03. The lowest BCUT2D eigenvalue weighted by atomic mass is 9.86. The van der Waals surface area contributed by atoms with Crippen molar-refractivity contribution in [3.05, 3.63) is 23.3 Å². The van der Waals surface area contributed by atoms with E-state index in [2.05, 4.69) is 0 Å². The molecule has 140 valence electrons. The minimum atomic E-state index is -3.05. The molecular formula is C16H28O8. The predicted octanol–water partition coefficient (Wildman–Crippen LogP) is -1.48. The Morgan fingerprint density at radius 1 is 1.12 bits per heavy atom. The number of hydrogen-bond donors (Lipinski definition) is 7. The molecule has 1 heterocycles. The minimum absolute atomic E-state index is 0.467. The van der Waals surface area contributed by atoms with Gasteiger partial charge in [0.15, 0.2) is 0 Å². The first-order chi connectivity index (χ1) is 11.0. The average molecular weight is 348 g/mol. The lowest BCUT2D eigenvalue weighted by Crippen LogP contribution is -2.73. The molecule has 5 unspecified atom stereocenters. The van der Waals surface area contributed by atoms with Crippen molar-refractivity contribution in [1.29, 1.82) is 0 Å². The van der Waals surface area contributed by atoms with E-state index in [0.29, 0.717) is 18.4 Å². The molecule has 1 saturated heterocycles. The molecule has 24 heavy (non-hydrogen) atoms. The Balaban J connectivity index is 3.02. The lowest BCUT2D eigenvalue weighted by Gasteiger charge is -2.49. The molecule has 0 bridgehead atoms. The Morgan fingerprint density at radius 2 is 1.71 bits per heavy atom. The van der Waals surface area contributed by atoms with Crippen LogP contribution in [0.1, 0.15) is 33.6 Å². The molecule has 8 heteroatoms. The van der Waals surface area contributed by atoms with Crippen LogP contribution in [0.2, 0.25) is 0 Å². The van der Waals surface area contributed by atoms with E-state index in [1.165, 1.54) is 0 Å². The van der Waals surface area contributed by atoms with Crippen molar-refractivity contribution in [2.45, 2.75) is 69.6 Å². The lowest BCUT2D eigenvalue weighted by molar-refractivity contribution is -0.429. The van der Waals surface area contributed by atoms with Crippen molar-refractivity contribution in [3.63, 3.8) is 0 Å². The van der Waals surface area contributed by atoms with Crippen molar-refractivity contribution in [2.24, 2.45) is 0 Å². The molecule has 8 nitrogen and oxygen atoms in total. The number of aliphatic hydroxyl groups is 7. The molecule has 1 fully saturated rings. The zero-order chi connectivity index (χ0) is 18.7. The summed E-state index contributed by atoms with van der Waals surface area (Å²) >= 11 is 0. The summed E-state index contributed by atoms with van der Waals surface area (Å²) in [6.07, 6.45) is -3.34. The molecule has 0 aromatic rings. The molecule has 0 aromatic heterocycles. The number of ether oxygens (including phenoxy) is 1. The molecule has 0 aliphatic carbocycles. The summed E-state index contributed by atoms with van der Waals surface area (Å²) in [6, 6.07) is 0. The van der Waals surface area contributed by atoms with Crippen molar-refractivity contribution in [1.82, 2.24) is 0 Å². The van der Waals surface area contributed by atoms with Crippen LogP contribution in [0.15, 0.2) is 23.3 Å². The molecule has 0 amide bonds. The fraction of sp³-hybridized carbons (Fsp3) is 0.750. The van der Waals surface area contributed by atoms with Crippen LogP contribution in [0.25, 0.3) is 0 Å². The maximum Gasteiger partial charge on any atom is 0.255 e. The van der Waals surface area contributed by atoms with Crippen LogP contribution in [-0.4, -0.2) is 78.3 Å². The largest absolute Gasteiger partial charge is 0.394 e. The van der Waals surface area contributed by atoms with Crippen LogP contribution < -0.4 is 0 Å². The van der Waals surface area contributed by atoms with Gasteiger partial charge in [-0.05, 0) is 39.7 Å². The standard InChI is InChI=1S/C16H28O8/c1-9(2)5-4-6-10(3)7-15(21,22)16(23)14(20)13(19)12(18)11(8-17)24-16/h5,7,11-14,17-23H,4,6,8H2,1-3H3/b10-7+. The van der Waals surface area contributed by atoms with Crippen molar-refractivity contribution >= 4 is 0 Å². The minimum Gasteiger partial charge on any atom is -0.394 e. The van der Waals surface area contributed by atoms with Crippen molar-refractivity contribution in [2.75, 3.05) is 6.61 Å². The van der Waals surface area contributed by atoms with E-state index in [-0.39, 0.29) is 0 Å². The van der Waals surface area contributed by atoms with Crippen LogP contribution in [-0.2, 0) is 4.74 Å². The topological polar surface area (TPSA) is 151 Å². The van der Waals surface area contributed by atoms with Crippen molar-refractivity contribution < 1.29 is 40.5 Å². The number of allylic oxidation sites excluding steroid dienone is 3. The molecule has 7 N–H and O–H groups in total. The molecule has 0 saturated carbocycles. The van der Waals surface area contributed by atoms with Gasteiger partial charge in [0.1, 0.15) is 24.4 Å². The Kier molecular flexibility index (Phi) is 7.09. The summed E-state index contributed by atoms with van der Waals surface area (Å²) in [6.45, 7) is 4.66. The van der Waals surface area contributed by atoms with Gasteiger partial charge in [-0.25, -0.2) is 0 Å². The zero-order valence-electron chi connectivity index (χ0n) is 14.1. The van der Waals surface area contributed by atoms with Crippen LogP contribution in [0.5, 0.6) is 0 Å². The van der Waals surface area contributed by atoms with E-state index in [1.807, 2.05) is 19.9 Å². The average Bonchev–Trinajstić information content (AvgIpc) is 2.47. The highest BCUT2D eigenvalue weighted by atomic mass is 16.7. The van der Waals surface area contributed by atoms with Gasteiger partial charge in [-0.2, -0.15) is 0 Å². The third-order valence-corrected chi connectivity index (χ3v) is 4.03. The number of hydrogen-bond acceptors (Lipinski definition) is 8. The predicted molar refractivity (Wildman–Crippen MR) is 84.5 cm³/mol. The van der Waals surface area contributed by atoms with E-state index < -0.39 is 42.6 Å². The van der Waals surface area contributed by atoms with E-state index in [4.69, 9.17) is 9.84 Å². The summed E-state index contributed by atoms with van der Waals surface area (Å²) in [7, 11) is 0. The Hall–Kier alpha value is -0.840. The number of aliphatic hydroxyl groups excluding tert-OH is 4. The van der Waals surface area contributed by atoms with Crippen molar-refractivity contribution in [3.8, 4) is 0 Å². The molecule has 5 atom stereocenters. The molecule has 1 aliphatic rings. The van der Waals surface area contributed by atoms with Gasteiger partial charge in [0.2, 0.25) is 5.79 Å². The molecule has 1 rings (SSSR count). The van der Waals surface area contributed by atoms with Crippen LogP contribution in [0, 0.1) is 0 Å². The van der Waals surface area contributed by atoms with Gasteiger partial charge in [-0.15, -0.1) is 0 Å². The van der Waals surface area contributed by atoms with E-state index >= 15 is 0 Å². The van der Waals surface area contributed by atoms with Gasteiger partial charge in [0.25, 0.3) is 5.79 Å². The zero-order valence-corrected chi connectivity index (χ0v) is 14.1. The number of rotatable bonds is 6.